The van der Waals surface area contributed by atoms with Crippen LogP contribution >= 0.6 is 0 Å². The summed E-state index contributed by atoms with van der Waals surface area (Å²) < 4.78 is 5.20. The highest BCUT2D eigenvalue weighted by Crippen LogP contribution is 2.69. The number of hydrogen-bond acceptors (Lipinski definition) is 4. The molecule has 1 heterocycles. The molecule has 4 aliphatic carbocycles. The van der Waals surface area contributed by atoms with Gasteiger partial charge in [0.05, 0.1) is 18.9 Å². The summed E-state index contributed by atoms with van der Waals surface area (Å²) in [5.41, 5.74) is 3.24. The second-order valence-corrected chi connectivity index (χ2v) is 12.8. The number of aromatic nitrogens is 2. The van der Waals surface area contributed by atoms with Crippen molar-refractivity contribution in [3.63, 3.8) is 0 Å². The Morgan fingerprint density at radius 1 is 1.21 bits per heavy atom. The fourth-order valence-corrected chi connectivity index (χ4v) is 9.95. The van der Waals surface area contributed by atoms with Crippen LogP contribution in [0.4, 0.5) is 0 Å². The molecule has 5 nitrogen and oxygen atoms in total. The van der Waals surface area contributed by atoms with Crippen molar-refractivity contribution in [2.75, 3.05) is 6.61 Å². The zero-order valence-electron chi connectivity index (χ0n) is 22.0. The maximum atomic E-state index is 12.0. The largest absolute Gasteiger partial charge is 0.466 e. The van der Waals surface area contributed by atoms with E-state index in [1.165, 1.54) is 36.9 Å². The highest BCUT2D eigenvalue weighted by Gasteiger charge is 2.64. The van der Waals surface area contributed by atoms with E-state index in [1.54, 1.807) is 0 Å². The molecule has 34 heavy (non-hydrogen) atoms. The molecule has 0 radical (unpaired) electrons. The maximum Gasteiger partial charge on any atom is 0.305 e. The maximum absolute atomic E-state index is 12.0. The first-order chi connectivity index (χ1) is 16.2. The van der Waals surface area contributed by atoms with Gasteiger partial charge >= 0.3 is 5.97 Å². The highest BCUT2D eigenvalue weighted by molar-refractivity contribution is 5.69. The van der Waals surface area contributed by atoms with Crippen molar-refractivity contribution in [2.24, 2.45) is 52.3 Å². The van der Waals surface area contributed by atoms with Gasteiger partial charge in [0.1, 0.15) is 0 Å². The van der Waals surface area contributed by atoms with E-state index in [1.807, 2.05) is 6.92 Å². The van der Waals surface area contributed by atoms with Gasteiger partial charge in [-0.25, -0.2) is 0 Å². The molecule has 3 fully saturated rings. The van der Waals surface area contributed by atoms with Crippen LogP contribution in [-0.2, 0) is 22.4 Å². The molecule has 0 amide bonds. The molecule has 5 heteroatoms. The van der Waals surface area contributed by atoms with Gasteiger partial charge in [-0.2, -0.15) is 5.10 Å². The SMILES string of the molecule is CCOC(=O)CC[C@@H](C)[C@H]1CC[C@H]2[C@@H]3[C@H](O)[C@H](CC)[C@@H]4Cc5[nH]ncc5C[C@]4(C)[C@H]3CC[C@]12C. The van der Waals surface area contributed by atoms with Gasteiger partial charge in [-0.1, -0.05) is 34.1 Å². The number of carbonyl (C=O) groups excluding carboxylic acids is 1. The number of hydrogen-bond donors (Lipinski definition) is 2. The number of carbonyl (C=O) groups is 1. The molecule has 1 aromatic rings. The van der Waals surface area contributed by atoms with E-state index in [-0.39, 0.29) is 22.9 Å². The third-order valence-corrected chi connectivity index (χ3v) is 11.5. The van der Waals surface area contributed by atoms with Gasteiger partial charge < -0.3 is 9.84 Å². The average Bonchev–Trinajstić information content (AvgIpc) is 3.40. The van der Waals surface area contributed by atoms with E-state index < -0.39 is 0 Å². The van der Waals surface area contributed by atoms with Crippen LogP contribution in [0.2, 0.25) is 0 Å². The average molecular weight is 471 g/mol. The molecule has 190 valence electrons. The number of nitrogens with zero attached hydrogens (tertiary/aromatic N) is 1. The Bertz CT molecular complexity index is 898. The Morgan fingerprint density at radius 2 is 1.97 bits per heavy atom. The third kappa shape index (κ3) is 3.59. The van der Waals surface area contributed by atoms with Gasteiger partial charge in [0.25, 0.3) is 0 Å². The summed E-state index contributed by atoms with van der Waals surface area (Å²) in [6, 6.07) is 0. The van der Waals surface area contributed by atoms with Gasteiger partial charge in [-0.3, -0.25) is 9.89 Å². The number of H-pyrrole nitrogens is 1. The predicted octanol–water partition coefficient (Wildman–Crippen LogP) is 5.57. The summed E-state index contributed by atoms with van der Waals surface area (Å²) in [6.45, 7) is 12.1. The van der Waals surface area contributed by atoms with Crippen LogP contribution in [0.15, 0.2) is 6.20 Å². The van der Waals surface area contributed by atoms with Crippen molar-refractivity contribution in [3.05, 3.63) is 17.5 Å². The lowest BCUT2D eigenvalue weighted by Crippen LogP contribution is -2.62. The molecule has 5 rings (SSSR count). The first-order valence-corrected chi connectivity index (χ1v) is 14.1. The number of ether oxygens (including phenoxy) is 1. The normalized spacial score (nSPS) is 43.9. The minimum absolute atomic E-state index is 0.0545. The standard InChI is InChI=1S/C29H46N2O3/c1-6-19-23-14-24-18(16-30-31-24)15-29(23,5)22-12-13-28(4)20(9-10-21(28)26(22)27(19)33)17(3)8-11-25(32)34-7-2/h16-17,19-23,26-27,33H,6-15H2,1-5H3,(H,30,31)/t17-,19-,20-,21+,22+,23+,26+,27-,28-,29-/m1/s1. The van der Waals surface area contributed by atoms with Crippen molar-refractivity contribution >= 4 is 5.97 Å². The van der Waals surface area contributed by atoms with E-state index in [0.29, 0.717) is 54.5 Å². The Kier molecular flexibility index (Phi) is 6.40. The molecular formula is C29H46N2O3. The number of fused-ring (bicyclic) bond motifs is 6. The Labute approximate surface area is 205 Å². The van der Waals surface area contributed by atoms with Crippen LogP contribution in [0.25, 0.3) is 0 Å². The lowest BCUT2D eigenvalue weighted by Gasteiger charge is -2.64. The van der Waals surface area contributed by atoms with Gasteiger partial charge in [-0.15, -0.1) is 0 Å². The summed E-state index contributed by atoms with van der Waals surface area (Å²) in [5.74, 6) is 3.58. The van der Waals surface area contributed by atoms with Crippen molar-refractivity contribution in [1.82, 2.24) is 10.2 Å². The van der Waals surface area contributed by atoms with E-state index in [4.69, 9.17) is 4.74 Å². The molecule has 2 N–H and O–H groups in total. The molecule has 0 aliphatic heterocycles. The van der Waals surface area contributed by atoms with Gasteiger partial charge in [0, 0.05) is 12.1 Å². The predicted molar refractivity (Wildman–Crippen MR) is 133 cm³/mol. The number of nitrogens with one attached hydrogen (secondary N) is 1. The van der Waals surface area contributed by atoms with E-state index in [0.717, 1.165) is 25.7 Å². The molecule has 0 aromatic carbocycles. The molecule has 0 unspecified atom stereocenters. The van der Waals surface area contributed by atoms with Crippen LogP contribution < -0.4 is 0 Å². The van der Waals surface area contributed by atoms with E-state index in [9.17, 15) is 9.90 Å². The fourth-order valence-electron chi connectivity index (χ4n) is 9.95. The number of aromatic amines is 1. The number of esters is 1. The van der Waals surface area contributed by atoms with E-state index >= 15 is 0 Å². The quantitative estimate of drug-likeness (QED) is 0.533. The molecule has 3 saturated carbocycles. The topological polar surface area (TPSA) is 75.2 Å². The summed E-state index contributed by atoms with van der Waals surface area (Å²) in [5, 5.41) is 19.6. The molecular weight excluding hydrogens is 424 g/mol. The molecule has 0 saturated heterocycles. The number of rotatable bonds is 6. The van der Waals surface area contributed by atoms with Gasteiger partial charge in [0.2, 0.25) is 0 Å². The van der Waals surface area contributed by atoms with Crippen LogP contribution in [0.1, 0.15) is 90.8 Å². The summed E-state index contributed by atoms with van der Waals surface area (Å²) >= 11 is 0. The van der Waals surface area contributed by atoms with Crippen LogP contribution in [0.5, 0.6) is 0 Å². The summed E-state index contributed by atoms with van der Waals surface area (Å²) in [4.78, 5) is 12.0. The molecule has 0 spiro atoms. The van der Waals surface area contributed by atoms with Crippen molar-refractivity contribution in [3.8, 4) is 0 Å². The second-order valence-electron chi connectivity index (χ2n) is 12.8. The molecule has 10 atom stereocenters. The minimum Gasteiger partial charge on any atom is -0.466 e. The first-order valence-electron chi connectivity index (χ1n) is 14.1. The van der Waals surface area contributed by atoms with Crippen LogP contribution in [-0.4, -0.2) is 34.0 Å². The lowest BCUT2D eigenvalue weighted by molar-refractivity contribution is -0.186. The zero-order valence-corrected chi connectivity index (χ0v) is 22.0. The van der Waals surface area contributed by atoms with Crippen molar-refractivity contribution in [2.45, 2.75) is 98.5 Å². The first kappa shape index (κ1) is 24.3. The number of aliphatic hydroxyl groups excluding tert-OH is 1. The minimum atomic E-state index is -0.198. The summed E-state index contributed by atoms with van der Waals surface area (Å²) in [6.07, 6.45) is 11.5. The monoisotopic (exact) mass is 470 g/mol. The Hall–Kier alpha value is -1.36. The summed E-state index contributed by atoms with van der Waals surface area (Å²) in [7, 11) is 0. The zero-order chi connectivity index (χ0) is 24.3. The molecule has 0 bridgehead atoms. The van der Waals surface area contributed by atoms with Gasteiger partial charge in [-0.05, 0) is 110 Å². The van der Waals surface area contributed by atoms with Gasteiger partial charge in [0.15, 0.2) is 0 Å². The third-order valence-electron chi connectivity index (χ3n) is 11.5. The second kappa shape index (κ2) is 8.94. The molecule has 1 aromatic heterocycles. The van der Waals surface area contributed by atoms with Crippen LogP contribution in [0.3, 0.4) is 0 Å². The number of aliphatic hydroxyl groups is 1. The fraction of sp³-hybridized carbons (Fsp3) is 0.862. The molecule has 4 aliphatic rings. The lowest BCUT2D eigenvalue weighted by atomic mass is 9.41. The van der Waals surface area contributed by atoms with Crippen molar-refractivity contribution < 1.29 is 14.6 Å². The van der Waals surface area contributed by atoms with Crippen LogP contribution in [0, 0.1) is 52.3 Å². The Balaban J connectivity index is 1.40. The smallest absolute Gasteiger partial charge is 0.305 e. The highest BCUT2D eigenvalue weighted by atomic mass is 16.5. The van der Waals surface area contributed by atoms with Crippen molar-refractivity contribution in [1.29, 1.82) is 0 Å². The Morgan fingerprint density at radius 3 is 2.71 bits per heavy atom. The van der Waals surface area contributed by atoms with E-state index in [2.05, 4.69) is 44.1 Å².